The Kier molecular flexibility index (Phi) is 2.77. The Balaban J connectivity index is 1.75. The van der Waals surface area contributed by atoms with Crippen LogP contribution >= 0.6 is 0 Å². The summed E-state index contributed by atoms with van der Waals surface area (Å²) in [5.74, 6) is -2.70. The summed E-state index contributed by atoms with van der Waals surface area (Å²) in [6.45, 7) is 0. The van der Waals surface area contributed by atoms with Crippen LogP contribution in [-0.4, -0.2) is 16.8 Å². The Labute approximate surface area is 148 Å². The maximum Gasteiger partial charge on any atom is 0.288 e. The van der Waals surface area contributed by atoms with E-state index in [9.17, 15) is 14.7 Å². The molecule has 5 rings (SSSR count). The molecule has 2 aliphatic rings. The van der Waals surface area contributed by atoms with Crippen LogP contribution in [0, 0.1) is 0 Å². The monoisotopic (exact) mass is 347 g/mol. The molecule has 1 amide bonds. The van der Waals surface area contributed by atoms with Crippen molar-refractivity contribution in [1.29, 1.82) is 0 Å². The summed E-state index contributed by atoms with van der Waals surface area (Å²) in [6, 6.07) is 16.5. The molecular weight excluding hydrogens is 334 g/mol. The highest BCUT2D eigenvalue weighted by atomic mass is 16.6. The summed E-state index contributed by atoms with van der Waals surface area (Å²) >= 11 is 0. The summed E-state index contributed by atoms with van der Waals surface area (Å²) < 4.78 is 11.0. The van der Waals surface area contributed by atoms with E-state index in [0.29, 0.717) is 22.4 Å². The number of carbonyl (C=O) groups excluding carboxylic acids is 2. The van der Waals surface area contributed by atoms with Crippen molar-refractivity contribution in [3.8, 4) is 5.75 Å². The fourth-order valence-corrected chi connectivity index (χ4v) is 3.84. The Hall–Kier alpha value is -3.38. The number of hydrogen-bond donors (Lipinski definition) is 2. The van der Waals surface area contributed by atoms with Crippen molar-refractivity contribution in [3.05, 3.63) is 89.4 Å². The van der Waals surface area contributed by atoms with Crippen LogP contribution in [0.3, 0.4) is 0 Å². The number of carbonyl (C=O) groups is 2. The fourth-order valence-electron chi connectivity index (χ4n) is 3.84. The summed E-state index contributed by atoms with van der Waals surface area (Å²) in [5, 5.41) is 14.2. The van der Waals surface area contributed by atoms with Gasteiger partial charge < -0.3 is 19.6 Å². The molecule has 2 atom stereocenters. The minimum atomic E-state index is -2.04. The van der Waals surface area contributed by atoms with E-state index in [-0.39, 0.29) is 5.76 Å². The number of benzene rings is 2. The van der Waals surface area contributed by atoms with Crippen LogP contribution in [0.5, 0.6) is 5.75 Å². The smallest absolute Gasteiger partial charge is 0.288 e. The van der Waals surface area contributed by atoms with Gasteiger partial charge in [0.25, 0.3) is 11.7 Å². The normalized spacial score (nSPS) is 25.2. The standard InChI is InChI=1S/C20H13NO5/c22-17-12-6-1-2-7-13(12)20(24)19(17,14-8-3-4-9-15(14)26-20)21-18(23)16-10-5-11-25-16/h1-11,24H,(H,21,23). The van der Waals surface area contributed by atoms with E-state index in [1.165, 1.54) is 12.3 Å². The molecule has 1 aliphatic heterocycles. The van der Waals surface area contributed by atoms with Crippen LogP contribution in [0.2, 0.25) is 0 Å². The van der Waals surface area contributed by atoms with Gasteiger partial charge in [-0.25, -0.2) is 0 Å². The van der Waals surface area contributed by atoms with Gasteiger partial charge >= 0.3 is 0 Å². The lowest BCUT2D eigenvalue weighted by atomic mass is 9.83. The number of aliphatic hydroxyl groups is 1. The van der Waals surface area contributed by atoms with Gasteiger partial charge in [-0.1, -0.05) is 42.5 Å². The molecule has 3 aromatic rings. The first kappa shape index (κ1) is 14.9. The van der Waals surface area contributed by atoms with Gasteiger partial charge in [0, 0.05) is 16.7 Å². The van der Waals surface area contributed by atoms with E-state index in [1.54, 1.807) is 54.6 Å². The molecule has 2 aromatic carbocycles. The number of amides is 1. The Morgan fingerprint density at radius 1 is 0.962 bits per heavy atom. The van der Waals surface area contributed by atoms with Crippen molar-refractivity contribution < 1.29 is 23.8 Å². The van der Waals surface area contributed by atoms with E-state index < -0.39 is 23.0 Å². The minimum Gasteiger partial charge on any atom is -0.459 e. The van der Waals surface area contributed by atoms with Gasteiger partial charge in [0.2, 0.25) is 11.3 Å². The minimum absolute atomic E-state index is 0.0369. The average Bonchev–Trinajstić information content (AvgIpc) is 3.31. The van der Waals surface area contributed by atoms with E-state index in [4.69, 9.17) is 9.15 Å². The lowest BCUT2D eigenvalue weighted by molar-refractivity contribution is -0.169. The molecule has 0 saturated heterocycles. The molecule has 2 unspecified atom stereocenters. The van der Waals surface area contributed by atoms with Crippen LogP contribution in [0.25, 0.3) is 0 Å². The zero-order chi connectivity index (χ0) is 17.9. The molecule has 0 fully saturated rings. The number of ether oxygens (including phenoxy) is 1. The van der Waals surface area contributed by atoms with Crippen LogP contribution in [0.4, 0.5) is 0 Å². The predicted octanol–water partition coefficient (Wildman–Crippen LogP) is 2.34. The summed E-state index contributed by atoms with van der Waals surface area (Å²) in [6.07, 6.45) is 1.36. The molecule has 1 aliphatic carbocycles. The van der Waals surface area contributed by atoms with Crippen molar-refractivity contribution in [1.82, 2.24) is 5.32 Å². The van der Waals surface area contributed by atoms with Gasteiger partial charge in [-0.2, -0.15) is 0 Å². The van der Waals surface area contributed by atoms with Gasteiger partial charge in [-0.05, 0) is 18.2 Å². The van der Waals surface area contributed by atoms with E-state index in [2.05, 4.69) is 5.32 Å². The number of nitrogens with one attached hydrogen (secondary N) is 1. The highest BCUT2D eigenvalue weighted by Gasteiger charge is 2.71. The molecule has 2 N–H and O–H groups in total. The van der Waals surface area contributed by atoms with Crippen molar-refractivity contribution in [2.45, 2.75) is 11.3 Å². The zero-order valence-corrected chi connectivity index (χ0v) is 13.4. The lowest BCUT2D eigenvalue weighted by Gasteiger charge is -2.34. The third-order valence-electron chi connectivity index (χ3n) is 4.98. The molecule has 0 radical (unpaired) electrons. The number of furan rings is 1. The molecule has 1 aromatic heterocycles. The van der Waals surface area contributed by atoms with E-state index in [1.807, 2.05) is 0 Å². The van der Waals surface area contributed by atoms with Gasteiger partial charge in [0.05, 0.1) is 6.26 Å². The topological polar surface area (TPSA) is 88.8 Å². The second kappa shape index (κ2) is 4.83. The maximum atomic E-state index is 13.4. The Bertz CT molecular complexity index is 1060. The highest BCUT2D eigenvalue weighted by molar-refractivity contribution is 6.13. The van der Waals surface area contributed by atoms with Gasteiger partial charge in [0.15, 0.2) is 5.76 Å². The fraction of sp³-hybridized carbons (Fsp3) is 0.100. The predicted molar refractivity (Wildman–Crippen MR) is 89.6 cm³/mol. The third kappa shape index (κ3) is 1.59. The average molecular weight is 347 g/mol. The number of rotatable bonds is 2. The number of para-hydroxylation sites is 1. The molecule has 0 spiro atoms. The Morgan fingerprint density at radius 2 is 1.69 bits per heavy atom. The van der Waals surface area contributed by atoms with Crippen LogP contribution in [-0.2, 0) is 11.3 Å². The van der Waals surface area contributed by atoms with Crippen molar-refractivity contribution in [2.24, 2.45) is 0 Å². The van der Waals surface area contributed by atoms with Crippen molar-refractivity contribution in [3.63, 3.8) is 0 Å². The number of fused-ring (bicyclic) bond motifs is 5. The zero-order valence-electron chi connectivity index (χ0n) is 13.4. The summed E-state index contributed by atoms with van der Waals surface area (Å²) in [4.78, 5) is 26.1. The first-order valence-electron chi connectivity index (χ1n) is 8.09. The van der Waals surface area contributed by atoms with E-state index >= 15 is 0 Å². The number of Topliss-reactive ketones (excluding diaryl/α,β-unsaturated/α-hetero) is 1. The quantitative estimate of drug-likeness (QED) is 0.743. The molecule has 128 valence electrons. The molecule has 6 nitrogen and oxygen atoms in total. The Morgan fingerprint density at radius 3 is 2.46 bits per heavy atom. The molecule has 26 heavy (non-hydrogen) atoms. The molecule has 2 heterocycles. The summed E-state index contributed by atoms with van der Waals surface area (Å²) in [7, 11) is 0. The third-order valence-corrected chi connectivity index (χ3v) is 4.98. The van der Waals surface area contributed by atoms with Crippen molar-refractivity contribution in [2.75, 3.05) is 0 Å². The highest BCUT2D eigenvalue weighted by Crippen LogP contribution is 2.57. The first-order chi connectivity index (χ1) is 12.6. The summed E-state index contributed by atoms with van der Waals surface area (Å²) in [5.41, 5.74) is -0.745. The second-order valence-electron chi connectivity index (χ2n) is 6.30. The van der Waals surface area contributed by atoms with Gasteiger partial charge in [-0.3, -0.25) is 9.59 Å². The van der Waals surface area contributed by atoms with Gasteiger partial charge in [-0.15, -0.1) is 0 Å². The molecular formula is C20H13NO5. The molecule has 0 saturated carbocycles. The lowest BCUT2D eigenvalue weighted by Crippen LogP contribution is -2.60. The molecule has 6 heteroatoms. The van der Waals surface area contributed by atoms with Crippen LogP contribution < -0.4 is 10.1 Å². The second-order valence-corrected chi connectivity index (χ2v) is 6.30. The SMILES string of the molecule is O=C(NC12C(=O)c3ccccc3C1(O)Oc1ccccc12)c1ccco1. The van der Waals surface area contributed by atoms with Crippen LogP contribution in [0.15, 0.2) is 71.3 Å². The first-order valence-corrected chi connectivity index (χ1v) is 8.09. The van der Waals surface area contributed by atoms with Crippen molar-refractivity contribution >= 4 is 11.7 Å². The largest absolute Gasteiger partial charge is 0.459 e. The number of ketones is 1. The van der Waals surface area contributed by atoms with Crippen LogP contribution in [0.1, 0.15) is 32.0 Å². The molecule has 0 bridgehead atoms. The maximum absolute atomic E-state index is 13.4. The number of hydrogen-bond acceptors (Lipinski definition) is 5. The van der Waals surface area contributed by atoms with E-state index in [0.717, 1.165) is 0 Å². The van der Waals surface area contributed by atoms with Gasteiger partial charge in [0.1, 0.15) is 5.75 Å².